The molecule has 6 heteroatoms. The standard InChI is InChI=1S/C29H26FNO4/c1-33-27-12-6-11-26(30)28(27)18-13-19-15-34-16-20(14-18)31(19)29(32)35-17-25-23-9-4-2-7-21(23)22-8-3-5-10-24(22)25/h2-13,19-20,25H,14-17H2,1H3. The van der Waals surface area contributed by atoms with E-state index in [1.807, 2.05) is 30.3 Å². The number of benzene rings is 3. The number of hydrogen-bond acceptors (Lipinski definition) is 4. The fourth-order valence-corrected chi connectivity index (χ4v) is 5.72. The number of ether oxygens (including phenoxy) is 3. The molecule has 3 aromatic rings. The highest BCUT2D eigenvalue weighted by molar-refractivity contribution is 5.80. The summed E-state index contributed by atoms with van der Waals surface area (Å²) in [4.78, 5) is 15.1. The van der Waals surface area contributed by atoms with Crippen molar-refractivity contribution in [3.05, 3.63) is 95.3 Å². The molecule has 35 heavy (non-hydrogen) atoms. The average Bonchev–Trinajstić information content (AvgIpc) is 3.20. The van der Waals surface area contributed by atoms with E-state index in [9.17, 15) is 9.18 Å². The summed E-state index contributed by atoms with van der Waals surface area (Å²) in [5.74, 6) is 0.162. The van der Waals surface area contributed by atoms with Gasteiger partial charge in [0, 0.05) is 5.92 Å². The van der Waals surface area contributed by atoms with E-state index in [4.69, 9.17) is 14.2 Å². The van der Waals surface area contributed by atoms with E-state index in [0.717, 1.165) is 5.57 Å². The number of hydrogen-bond donors (Lipinski definition) is 0. The van der Waals surface area contributed by atoms with Crippen LogP contribution in [0.5, 0.6) is 5.75 Å². The minimum absolute atomic E-state index is 0.000935. The molecule has 3 aromatic carbocycles. The summed E-state index contributed by atoms with van der Waals surface area (Å²) >= 11 is 0. The van der Waals surface area contributed by atoms with Gasteiger partial charge in [0.1, 0.15) is 18.2 Å². The molecule has 0 aromatic heterocycles. The van der Waals surface area contributed by atoms with Crippen LogP contribution >= 0.6 is 0 Å². The lowest BCUT2D eigenvalue weighted by Crippen LogP contribution is -2.56. The predicted octanol–water partition coefficient (Wildman–Crippen LogP) is 5.64. The van der Waals surface area contributed by atoms with Crippen LogP contribution in [0.15, 0.2) is 72.8 Å². The quantitative estimate of drug-likeness (QED) is 0.494. The molecule has 2 bridgehead atoms. The Labute approximate surface area is 203 Å². The summed E-state index contributed by atoms with van der Waals surface area (Å²) < 4.78 is 31.8. The molecule has 1 fully saturated rings. The van der Waals surface area contributed by atoms with Crippen molar-refractivity contribution in [2.75, 3.05) is 26.9 Å². The lowest BCUT2D eigenvalue weighted by molar-refractivity contribution is -0.0331. The zero-order valence-corrected chi connectivity index (χ0v) is 19.4. The zero-order chi connectivity index (χ0) is 23.9. The Kier molecular flexibility index (Phi) is 5.53. The van der Waals surface area contributed by atoms with Crippen LogP contribution < -0.4 is 4.74 Å². The second-order valence-electron chi connectivity index (χ2n) is 9.18. The van der Waals surface area contributed by atoms with Gasteiger partial charge in [0.05, 0.1) is 38.0 Å². The van der Waals surface area contributed by atoms with Crippen LogP contribution in [0.4, 0.5) is 9.18 Å². The number of carbonyl (C=O) groups is 1. The van der Waals surface area contributed by atoms with Gasteiger partial charge in [-0.3, -0.25) is 4.90 Å². The Morgan fingerprint density at radius 2 is 1.71 bits per heavy atom. The van der Waals surface area contributed by atoms with E-state index in [0.29, 0.717) is 30.9 Å². The van der Waals surface area contributed by atoms with Crippen LogP contribution in [0.1, 0.15) is 29.0 Å². The minimum Gasteiger partial charge on any atom is -0.496 e. The maximum Gasteiger partial charge on any atom is 0.410 e. The van der Waals surface area contributed by atoms with Crippen LogP contribution in [0.2, 0.25) is 0 Å². The van der Waals surface area contributed by atoms with Gasteiger partial charge in [-0.05, 0) is 46.4 Å². The van der Waals surface area contributed by atoms with Gasteiger partial charge >= 0.3 is 6.09 Å². The van der Waals surface area contributed by atoms with Crippen molar-refractivity contribution < 1.29 is 23.4 Å². The monoisotopic (exact) mass is 471 g/mol. The number of halogens is 1. The third-order valence-electron chi connectivity index (χ3n) is 7.26. The molecule has 1 amide bonds. The molecular weight excluding hydrogens is 445 g/mol. The maximum atomic E-state index is 14.7. The van der Waals surface area contributed by atoms with Gasteiger partial charge in [-0.2, -0.15) is 0 Å². The first-order valence-electron chi connectivity index (χ1n) is 11.9. The number of amides is 1. The van der Waals surface area contributed by atoms with Crippen molar-refractivity contribution in [1.82, 2.24) is 4.90 Å². The van der Waals surface area contributed by atoms with E-state index in [-0.39, 0.29) is 36.5 Å². The Balaban J connectivity index is 1.24. The largest absolute Gasteiger partial charge is 0.496 e. The Bertz CT molecular complexity index is 1270. The van der Waals surface area contributed by atoms with Gasteiger partial charge < -0.3 is 14.2 Å². The van der Waals surface area contributed by atoms with Gasteiger partial charge in [-0.1, -0.05) is 60.7 Å². The third kappa shape index (κ3) is 3.69. The fraction of sp³-hybridized carbons (Fsp3) is 0.276. The molecule has 1 aliphatic carbocycles. The van der Waals surface area contributed by atoms with Gasteiger partial charge in [-0.15, -0.1) is 0 Å². The van der Waals surface area contributed by atoms with Crippen molar-refractivity contribution in [3.8, 4) is 16.9 Å². The molecule has 2 heterocycles. The van der Waals surface area contributed by atoms with Gasteiger partial charge in [0.15, 0.2) is 0 Å². The first-order chi connectivity index (χ1) is 17.2. The van der Waals surface area contributed by atoms with Crippen LogP contribution in [-0.2, 0) is 9.47 Å². The summed E-state index contributed by atoms with van der Waals surface area (Å²) in [6.45, 7) is 0.997. The number of carbonyl (C=O) groups excluding carboxylic acids is 1. The number of nitrogens with zero attached hydrogens (tertiary/aromatic N) is 1. The second kappa shape index (κ2) is 8.86. The fourth-order valence-electron chi connectivity index (χ4n) is 5.72. The minimum atomic E-state index is -0.360. The van der Waals surface area contributed by atoms with Gasteiger partial charge in [0.25, 0.3) is 0 Å². The molecule has 1 saturated heterocycles. The van der Waals surface area contributed by atoms with Crippen molar-refractivity contribution in [1.29, 1.82) is 0 Å². The Morgan fingerprint density at radius 1 is 1.00 bits per heavy atom. The van der Waals surface area contributed by atoms with Crippen molar-refractivity contribution in [3.63, 3.8) is 0 Å². The van der Waals surface area contributed by atoms with Crippen molar-refractivity contribution >= 4 is 11.7 Å². The summed E-state index contributed by atoms with van der Waals surface area (Å²) in [6.07, 6.45) is 2.02. The number of methoxy groups -OCH3 is 1. The second-order valence-corrected chi connectivity index (χ2v) is 9.18. The molecule has 2 unspecified atom stereocenters. The van der Waals surface area contributed by atoms with Gasteiger partial charge in [-0.25, -0.2) is 9.18 Å². The highest BCUT2D eigenvalue weighted by Gasteiger charge is 2.40. The van der Waals surface area contributed by atoms with Crippen molar-refractivity contribution in [2.24, 2.45) is 0 Å². The predicted molar refractivity (Wildman–Crippen MR) is 131 cm³/mol. The van der Waals surface area contributed by atoms with E-state index in [1.54, 1.807) is 17.0 Å². The van der Waals surface area contributed by atoms with E-state index in [2.05, 4.69) is 24.3 Å². The Hall–Kier alpha value is -3.64. The number of morpholine rings is 1. The van der Waals surface area contributed by atoms with E-state index in [1.165, 1.54) is 35.4 Å². The topological polar surface area (TPSA) is 48.0 Å². The normalized spacial score (nSPS) is 20.6. The third-order valence-corrected chi connectivity index (χ3v) is 7.26. The lowest BCUT2D eigenvalue weighted by Gasteiger charge is -2.44. The molecule has 6 rings (SSSR count). The summed E-state index contributed by atoms with van der Waals surface area (Å²) in [5, 5.41) is 0. The van der Waals surface area contributed by atoms with Gasteiger partial charge in [0.2, 0.25) is 0 Å². The summed E-state index contributed by atoms with van der Waals surface area (Å²) in [5.41, 5.74) is 6.03. The highest BCUT2D eigenvalue weighted by atomic mass is 19.1. The van der Waals surface area contributed by atoms with Crippen LogP contribution in [0, 0.1) is 5.82 Å². The molecule has 3 aliphatic rings. The number of fused-ring (bicyclic) bond motifs is 5. The molecule has 178 valence electrons. The highest BCUT2D eigenvalue weighted by Crippen LogP contribution is 2.45. The smallest absolute Gasteiger partial charge is 0.410 e. The van der Waals surface area contributed by atoms with E-state index >= 15 is 0 Å². The molecule has 0 N–H and O–H groups in total. The molecule has 0 radical (unpaired) electrons. The molecule has 2 aliphatic heterocycles. The molecular formula is C29H26FNO4. The van der Waals surface area contributed by atoms with Crippen LogP contribution in [0.3, 0.4) is 0 Å². The summed E-state index contributed by atoms with van der Waals surface area (Å²) in [6, 6.07) is 20.8. The summed E-state index contributed by atoms with van der Waals surface area (Å²) in [7, 11) is 1.54. The SMILES string of the molecule is COc1cccc(F)c1C1=CC2COCC(C1)N2C(=O)OCC1c2ccccc2-c2ccccc21. The maximum absolute atomic E-state index is 14.7. The van der Waals surface area contributed by atoms with E-state index < -0.39 is 0 Å². The van der Waals surface area contributed by atoms with Crippen LogP contribution in [0.25, 0.3) is 16.7 Å². The zero-order valence-electron chi connectivity index (χ0n) is 19.4. The molecule has 0 saturated carbocycles. The first kappa shape index (κ1) is 21.9. The lowest BCUT2D eigenvalue weighted by atomic mass is 9.89. The average molecular weight is 472 g/mol. The molecule has 5 nitrogen and oxygen atoms in total. The number of rotatable bonds is 4. The molecule has 0 spiro atoms. The first-order valence-corrected chi connectivity index (χ1v) is 11.9. The van der Waals surface area contributed by atoms with Crippen molar-refractivity contribution in [2.45, 2.75) is 24.4 Å². The Morgan fingerprint density at radius 3 is 2.40 bits per heavy atom. The van der Waals surface area contributed by atoms with Crippen LogP contribution in [-0.4, -0.2) is 50.0 Å². The molecule has 2 atom stereocenters.